The topological polar surface area (TPSA) is 98.1 Å². The maximum Gasteiger partial charge on any atom is 0.471 e. The van der Waals surface area contributed by atoms with E-state index in [1.165, 1.54) is 0 Å². The highest BCUT2D eigenvalue weighted by Gasteiger charge is 2.38. The zero-order valence-corrected chi connectivity index (χ0v) is 16.1. The summed E-state index contributed by atoms with van der Waals surface area (Å²) in [6.07, 6.45) is -0.685. The van der Waals surface area contributed by atoms with Crippen LogP contribution in [0.4, 0.5) is 19.0 Å². The third kappa shape index (κ3) is 5.67. The number of hydrogen-bond donors (Lipinski definition) is 1. The first-order chi connectivity index (χ1) is 13.0. The number of hydrogen-bond acceptors (Lipinski definition) is 6. The second-order valence-electron chi connectivity index (χ2n) is 7.24. The number of nitrogens with two attached hydrogens (primary N) is 1. The van der Waals surface area contributed by atoms with Crippen LogP contribution in [0.15, 0.2) is 22.9 Å². The third-order valence-corrected chi connectivity index (χ3v) is 4.55. The summed E-state index contributed by atoms with van der Waals surface area (Å²) in [5.41, 5.74) is 5.72. The number of amides is 1. The van der Waals surface area contributed by atoms with Crippen molar-refractivity contribution in [3.05, 3.63) is 35.6 Å². The van der Waals surface area contributed by atoms with Crippen LogP contribution in [0, 0.1) is 5.41 Å². The van der Waals surface area contributed by atoms with Crippen LogP contribution in [-0.2, 0) is 23.8 Å². The first-order valence-corrected chi connectivity index (χ1v) is 8.83. The lowest BCUT2D eigenvalue weighted by Gasteiger charge is -2.26. The van der Waals surface area contributed by atoms with Gasteiger partial charge in [0.05, 0.1) is 5.41 Å². The molecule has 0 spiro atoms. The molecule has 0 saturated carbocycles. The molecule has 2 aromatic rings. The van der Waals surface area contributed by atoms with Crippen LogP contribution in [0.25, 0.3) is 0 Å². The highest BCUT2D eigenvalue weighted by molar-refractivity contribution is 5.80. The van der Waals surface area contributed by atoms with Gasteiger partial charge in [-0.1, -0.05) is 24.6 Å². The van der Waals surface area contributed by atoms with Gasteiger partial charge < -0.3 is 15.2 Å². The predicted molar refractivity (Wildman–Crippen MR) is 96.4 cm³/mol. The Kier molecular flexibility index (Phi) is 6.63. The number of aryl methyl sites for hydroxylation is 1. The van der Waals surface area contributed by atoms with E-state index in [0.29, 0.717) is 25.7 Å². The van der Waals surface area contributed by atoms with Crippen molar-refractivity contribution in [1.82, 2.24) is 15.1 Å². The molecular formula is C18H24F3N5O2. The minimum absolute atomic E-state index is 0.00317. The molecule has 154 valence electrons. The van der Waals surface area contributed by atoms with Gasteiger partial charge in [0.1, 0.15) is 5.82 Å². The summed E-state index contributed by atoms with van der Waals surface area (Å²) < 4.78 is 41.6. The van der Waals surface area contributed by atoms with Gasteiger partial charge in [-0.25, -0.2) is 4.98 Å². The van der Waals surface area contributed by atoms with Crippen molar-refractivity contribution in [2.75, 3.05) is 19.0 Å². The third-order valence-electron chi connectivity index (χ3n) is 4.55. The van der Waals surface area contributed by atoms with E-state index in [2.05, 4.69) is 19.6 Å². The van der Waals surface area contributed by atoms with Crippen molar-refractivity contribution >= 4 is 11.7 Å². The minimum atomic E-state index is -4.65. The van der Waals surface area contributed by atoms with Gasteiger partial charge in [0.15, 0.2) is 5.82 Å². The summed E-state index contributed by atoms with van der Waals surface area (Å²) >= 11 is 0. The number of anilines is 1. The molecule has 0 saturated heterocycles. The molecule has 0 bridgehead atoms. The van der Waals surface area contributed by atoms with Gasteiger partial charge in [0, 0.05) is 26.7 Å². The Balaban J connectivity index is 1.91. The lowest BCUT2D eigenvalue weighted by molar-refractivity contribution is -0.159. The number of nitrogens with zero attached hydrogens (tertiary/aromatic N) is 4. The number of pyridine rings is 1. The second-order valence-corrected chi connectivity index (χ2v) is 7.24. The Hall–Kier alpha value is -2.65. The number of aromatic nitrogens is 3. The molecule has 0 aliphatic heterocycles. The Bertz CT molecular complexity index is 789. The smallest absolute Gasteiger partial charge is 0.369 e. The molecule has 0 radical (unpaired) electrons. The Morgan fingerprint density at radius 1 is 1.25 bits per heavy atom. The van der Waals surface area contributed by atoms with Crippen molar-refractivity contribution in [2.24, 2.45) is 11.1 Å². The number of unbranched alkanes of at least 4 members (excludes halogenated alkanes) is 1. The van der Waals surface area contributed by atoms with Crippen LogP contribution in [-0.4, -0.2) is 35.1 Å². The van der Waals surface area contributed by atoms with Crippen molar-refractivity contribution in [1.29, 1.82) is 0 Å². The predicted octanol–water partition coefficient (Wildman–Crippen LogP) is 3.00. The van der Waals surface area contributed by atoms with Gasteiger partial charge in [-0.3, -0.25) is 4.79 Å². The molecule has 2 N–H and O–H groups in total. The average Bonchev–Trinajstić information content (AvgIpc) is 3.08. The molecule has 1 atom stereocenters. The van der Waals surface area contributed by atoms with E-state index in [1.807, 2.05) is 31.1 Å². The molecule has 7 nitrogen and oxygen atoms in total. The Labute approximate surface area is 161 Å². The maximum atomic E-state index is 12.5. The first kappa shape index (κ1) is 21.6. The van der Waals surface area contributed by atoms with Gasteiger partial charge in [0.25, 0.3) is 0 Å². The van der Waals surface area contributed by atoms with Crippen LogP contribution in [0.5, 0.6) is 0 Å². The molecule has 10 heteroatoms. The monoisotopic (exact) mass is 399 g/mol. The molecule has 1 amide bonds. The van der Waals surface area contributed by atoms with Gasteiger partial charge in [-0.05, 0) is 30.9 Å². The fraction of sp³-hybridized carbons (Fsp3) is 0.556. The molecule has 2 heterocycles. The van der Waals surface area contributed by atoms with Crippen LogP contribution >= 0.6 is 0 Å². The van der Waals surface area contributed by atoms with Crippen molar-refractivity contribution < 1.29 is 22.5 Å². The molecule has 0 fully saturated rings. The van der Waals surface area contributed by atoms with Gasteiger partial charge >= 0.3 is 12.1 Å². The number of halogens is 3. The Morgan fingerprint density at radius 2 is 1.96 bits per heavy atom. The van der Waals surface area contributed by atoms with Crippen LogP contribution in [0.3, 0.4) is 0 Å². The van der Waals surface area contributed by atoms with E-state index < -0.39 is 23.4 Å². The van der Waals surface area contributed by atoms with E-state index in [1.54, 1.807) is 13.1 Å². The standard InChI is InChI=1S/C18H24F3N5O2/c1-17(15(22)27,10-12-7-8-14(23-11-12)26(2)3)9-5-4-6-13-24-16(28-25-13)18(19,20)21/h7-8,11H,4-6,9-10H2,1-3H3,(H2,22,27). The largest absolute Gasteiger partial charge is 0.471 e. The van der Waals surface area contributed by atoms with E-state index in [9.17, 15) is 18.0 Å². The second kappa shape index (κ2) is 8.57. The summed E-state index contributed by atoms with van der Waals surface area (Å²) in [7, 11) is 3.77. The maximum absolute atomic E-state index is 12.5. The average molecular weight is 399 g/mol. The SMILES string of the molecule is CN(C)c1ccc(CC(C)(CCCCc2noc(C(F)(F)F)n2)C(N)=O)cn1. The normalized spacial score (nSPS) is 13.9. The van der Waals surface area contributed by atoms with Crippen LogP contribution in [0.2, 0.25) is 0 Å². The minimum Gasteiger partial charge on any atom is -0.369 e. The molecule has 28 heavy (non-hydrogen) atoms. The number of carbonyl (C=O) groups excluding carboxylic acids is 1. The molecule has 0 aliphatic carbocycles. The highest BCUT2D eigenvalue weighted by Crippen LogP contribution is 2.30. The van der Waals surface area contributed by atoms with Crippen molar-refractivity contribution in [3.63, 3.8) is 0 Å². The summed E-state index contributed by atoms with van der Waals surface area (Å²) in [6.45, 7) is 1.78. The summed E-state index contributed by atoms with van der Waals surface area (Å²) in [6, 6.07) is 3.77. The summed E-state index contributed by atoms with van der Waals surface area (Å²) in [4.78, 5) is 21.6. The van der Waals surface area contributed by atoms with E-state index in [4.69, 9.17) is 5.73 Å². The van der Waals surface area contributed by atoms with Gasteiger partial charge in [-0.15, -0.1) is 0 Å². The molecule has 2 aromatic heterocycles. The van der Waals surface area contributed by atoms with E-state index in [0.717, 1.165) is 11.4 Å². The first-order valence-electron chi connectivity index (χ1n) is 8.83. The molecule has 0 aliphatic rings. The number of carbonyl (C=O) groups is 1. The van der Waals surface area contributed by atoms with Crippen LogP contribution < -0.4 is 10.6 Å². The zero-order chi connectivity index (χ0) is 20.9. The number of primary amides is 1. The fourth-order valence-corrected chi connectivity index (χ4v) is 2.80. The Morgan fingerprint density at radius 3 is 2.46 bits per heavy atom. The summed E-state index contributed by atoms with van der Waals surface area (Å²) in [5, 5.41) is 3.33. The number of rotatable bonds is 9. The van der Waals surface area contributed by atoms with Gasteiger partial charge in [0.2, 0.25) is 5.91 Å². The lowest BCUT2D eigenvalue weighted by Crippen LogP contribution is -2.36. The van der Waals surface area contributed by atoms with E-state index >= 15 is 0 Å². The van der Waals surface area contributed by atoms with Crippen LogP contribution in [0.1, 0.15) is 43.5 Å². The molecule has 0 aromatic carbocycles. The molecular weight excluding hydrogens is 375 g/mol. The zero-order valence-electron chi connectivity index (χ0n) is 16.1. The highest BCUT2D eigenvalue weighted by atomic mass is 19.4. The summed E-state index contributed by atoms with van der Waals surface area (Å²) in [5.74, 6) is -0.972. The number of alkyl halides is 3. The fourth-order valence-electron chi connectivity index (χ4n) is 2.80. The van der Waals surface area contributed by atoms with E-state index in [-0.39, 0.29) is 12.2 Å². The van der Waals surface area contributed by atoms with Crippen molar-refractivity contribution in [3.8, 4) is 0 Å². The van der Waals surface area contributed by atoms with Gasteiger partial charge in [-0.2, -0.15) is 18.2 Å². The molecule has 2 rings (SSSR count). The van der Waals surface area contributed by atoms with Crippen molar-refractivity contribution in [2.45, 2.75) is 45.2 Å². The molecule has 1 unspecified atom stereocenters. The quantitative estimate of drug-likeness (QED) is 0.651. The lowest BCUT2D eigenvalue weighted by atomic mass is 9.78.